The van der Waals surface area contributed by atoms with Gasteiger partial charge in [0.2, 0.25) is 0 Å². The summed E-state index contributed by atoms with van der Waals surface area (Å²) in [7, 11) is 0. The minimum atomic E-state index is -0.154. The molecule has 0 fully saturated rings. The van der Waals surface area contributed by atoms with E-state index in [2.05, 4.69) is 25.9 Å². The van der Waals surface area contributed by atoms with Gasteiger partial charge in [0.25, 0.3) is 5.91 Å². The molecule has 134 valence electrons. The molecule has 0 bridgehead atoms. The molecule has 8 heteroatoms. The van der Waals surface area contributed by atoms with Crippen LogP contribution in [0.3, 0.4) is 0 Å². The average molecular weight is 359 g/mol. The number of carbonyl (C=O) groups is 1. The van der Waals surface area contributed by atoms with E-state index in [4.69, 9.17) is 0 Å². The van der Waals surface area contributed by atoms with Gasteiger partial charge in [-0.3, -0.25) is 9.48 Å². The molecule has 0 aliphatic carbocycles. The van der Waals surface area contributed by atoms with E-state index in [-0.39, 0.29) is 5.91 Å². The van der Waals surface area contributed by atoms with Crippen molar-refractivity contribution in [2.45, 2.75) is 13.1 Å². The first kappa shape index (κ1) is 16.6. The molecule has 0 spiro atoms. The van der Waals surface area contributed by atoms with Gasteiger partial charge in [-0.15, -0.1) is 5.10 Å². The fourth-order valence-electron chi connectivity index (χ4n) is 2.80. The lowest BCUT2D eigenvalue weighted by Gasteiger charge is -2.11. The molecule has 0 aliphatic heterocycles. The lowest BCUT2D eigenvalue weighted by molar-refractivity contribution is 0.0951. The first-order valence-corrected chi connectivity index (χ1v) is 8.45. The number of benzene rings is 2. The van der Waals surface area contributed by atoms with E-state index >= 15 is 0 Å². The molecule has 0 saturated carbocycles. The Morgan fingerprint density at radius 3 is 2.70 bits per heavy atom. The molecule has 0 saturated heterocycles. The van der Waals surface area contributed by atoms with Crippen molar-refractivity contribution in [1.82, 2.24) is 35.3 Å². The Morgan fingerprint density at radius 1 is 1.04 bits per heavy atom. The quantitative estimate of drug-likeness (QED) is 0.567. The Morgan fingerprint density at radius 2 is 1.93 bits per heavy atom. The van der Waals surface area contributed by atoms with Crippen LogP contribution >= 0.6 is 0 Å². The maximum atomic E-state index is 12.6. The van der Waals surface area contributed by atoms with Crippen LogP contribution in [0, 0.1) is 0 Å². The maximum absolute atomic E-state index is 12.6. The van der Waals surface area contributed by atoms with Crippen LogP contribution in [0.15, 0.2) is 73.3 Å². The highest BCUT2D eigenvalue weighted by atomic mass is 16.1. The first-order chi connectivity index (χ1) is 13.3. The Kier molecular flexibility index (Phi) is 4.69. The summed E-state index contributed by atoms with van der Waals surface area (Å²) in [5.41, 5.74) is 3.45. The van der Waals surface area contributed by atoms with Crippen molar-refractivity contribution in [3.8, 4) is 5.69 Å². The number of aromatic nitrogens is 6. The van der Waals surface area contributed by atoms with Crippen molar-refractivity contribution in [2.75, 3.05) is 0 Å². The van der Waals surface area contributed by atoms with Gasteiger partial charge in [-0.05, 0) is 45.8 Å². The largest absolute Gasteiger partial charge is 0.348 e. The van der Waals surface area contributed by atoms with Gasteiger partial charge in [-0.2, -0.15) is 5.10 Å². The second-order valence-electron chi connectivity index (χ2n) is 5.96. The second-order valence-corrected chi connectivity index (χ2v) is 5.96. The van der Waals surface area contributed by atoms with Crippen LogP contribution in [-0.4, -0.2) is 35.9 Å². The summed E-state index contributed by atoms with van der Waals surface area (Å²) in [6, 6.07) is 17.1. The van der Waals surface area contributed by atoms with Crippen molar-refractivity contribution >= 4 is 5.91 Å². The fourth-order valence-corrected chi connectivity index (χ4v) is 2.80. The second kappa shape index (κ2) is 7.61. The third-order valence-corrected chi connectivity index (χ3v) is 4.17. The molecule has 1 amide bonds. The number of carbonyl (C=O) groups excluding carboxylic acids is 1. The number of hydrogen-bond donors (Lipinski definition) is 1. The molecule has 27 heavy (non-hydrogen) atoms. The molecule has 0 atom stereocenters. The van der Waals surface area contributed by atoms with Crippen LogP contribution in [0.25, 0.3) is 5.69 Å². The normalized spacial score (nSPS) is 10.7. The molecule has 4 aromatic rings. The zero-order chi connectivity index (χ0) is 18.5. The summed E-state index contributed by atoms with van der Waals surface area (Å²) in [5, 5.41) is 18.3. The van der Waals surface area contributed by atoms with E-state index in [0.29, 0.717) is 18.7 Å². The third kappa shape index (κ3) is 3.90. The van der Waals surface area contributed by atoms with E-state index in [0.717, 1.165) is 16.8 Å². The SMILES string of the molecule is O=C(NCc1ccccc1Cn1cccn1)c1cccc(-n2cnnn2)c1. The first-order valence-electron chi connectivity index (χ1n) is 8.45. The van der Waals surface area contributed by atoms with Crippen molar-refractivity contribution in [1.29, 1.82) is 0 Å². The van der Waals surface area contributed by atoms with E-state index in [1.54, 1.807) is 24.4 Å². The predicted octanol–water partition coefficient (Wildman–Crippen LogP) is 1.84. The van der Waals surface area contributed by atoms with Crippen molar-refractivity contribution in [2.24, 2.45) is 0 Å². The van der Waals surface area contributed by atoms with Crippen molar-refractivity contribution in [3.63, 3.8) is 0 Å². The summed E-state index contributed by atoms with van der Waals surface area (Å²) in [6.45, 7) is 1.10. The Balaban J connectivity index is 1.46. The molecule has 4 rings (SSSR count). The molecule has 0 aliphatic rings. The highest BCUT2D eigenvalue weighted by Crippen LogP contribution is 2.12. The Labute approximate surface area is 155 Å². The molecular formula is C19H17N7O. The molecule has 2 aromatic carbocycles. The van der Waals surface area contributed by atoms with Crippen LogP contribution in [0.1, 0.15) is 21.5 Å². The fraction of sp³-hybridized carbons (Fsp3) is 0.105. The standard InChI is InChI=1S/C19H17N7O/c27-19(15-7-3-8-18(11-15)26-14-21-23-24-26)20-12-16-5-1-2-6-17(16)13-25-10-4-9-22-25/h1-11,14H,12-13H2,(H,20,27). The van der Waals surface area contributed by atoms with Crippen LogP contribution in [0.4, 0.5) is 0 Å². The molecule has 2 aromatic heterocycles. The molecular weight excluding hydrogens is 342 g/mol. The topological polar surface area (TPSA) is 90.5 Å². The van der Waals surface area contributed by atoms with E-state index in [1.807, 2.05) is 47.3 Å². The van der Waals surface area contributed by atoms with Crippen molar-refractivity contribution in [3.05, 3.63) is 90.0 Å². The highest BCUT2D eigenvalue weighted by Gasteiger charge is 2.09. The predicted molar refractivity (Wildman–Crippen MR) is 98.1 cm³/mol. The van der Waals surface area contributed by atoms with Crippen LogP contribution in [0.5, 0.6) is 0 Å². The molecule has 0 radical (unpaired) electrons. The Hall–Kier alpha value is -3.81. The zero-order valence-electron chi connectivity index (χ0n) is 14.4. The number of hydrogen-bond acceptors (Lipinski definition) is 5. The number of nitrogens with one attached hydrogen (secondary N) is 1. The van der Waals surface area contributed by atoms with Gasteiger partial charge < -0.3 is 5.32 Å². The molecule has 2 heterocycles. The minimum absolute atomic E-state index is 0.154. The van der Waals surface area contributed by atoms with E-state index in [1.165, 1.54) is 11.0 Å². The van der Waals surface area contributed by atoms with E-state index in [9.17, 15) is 4.79 Å². The van der Waals surface area contributed by atoms with Gasteiger partial charge >= 0.3 is 0 Å². The summed E-state index contributed by atoms with van der Waals surface area (Å²) >= 11 is 0. The van der Waals surface area contributed by atoms with Gasteiger partial charge in [0.05, 0.1) is 12.2 Å². The average Bonchev–Trinajstić information content (AvgIpc) is 3.41. The highest BCUT2D eigenvalue weighted by molar-refractivity contribution is 5.94. The van der Waals surface area contributed by atoms with E-state index < -0.39 is 0 Å². The van der Waals surface area contributed by atoms with Gasteiger partial charge in [0, 0.05) is 24.5 Å². The number of nitrogens with zero attached hydrogens (tertiary/aromatic N) is 6. The monoisotopic (exact) mass is 359 g/mol. The lowest BCUT2D eigenvalue weighted by Crippen LogP contribution is -2.23. The van der Waals surface area contributed by atoms with Gasteiger partial charge in [-0.1, -0.05) is 30.3 Å². The number of tetrazole rings is 1. The van der Waals surface area contributed by atoms with Crippen LogP contribution in [0.2, 0.25) is 0 Å². The lowest BCUT2D eigenvalue weighted by atomic mass is 10.1. The summed E-state index contributed by atoms with van der Waals surface area (Å²) in [5.74, 6) is -0.154. The third-order valence-electron chi connectivity index (χ3n) is 4.17. The van der Waals surface area contributed by atoms with Gasteiger partial charge in [0.15, 0.2) is 0 Å². The van der Waals surface area contributed by atoms with Crippen molar-refractivity contribution < 1.29 is 4.79 Å². The number of amides is 1. The molecule has 0 unspecified atom stereocenters. The molecule has 1 N–H and O–H groups in total. The smallest absolute Gasteiger partial charge is 0.251 e. The Bertz CT molecular complexity index is 1030. The minimum Gasteiger partial charge on any atom is -0.348 e. The summed E-state index contributed by atoms with van der Waals surface area (Å²) in [4.78, 5) is 12.6. The van der Waals surface area contributed by atoms with Crippen LogP contribution in [-0.2, 0) is 13.1 Å². The maximum Gasteiger partial charge on any atom is 0.251 e. The summed E-state index contributed by atoms with van der Waals surface area (Å²) < 4.78 is 3.37. The summed E-state index contributed by atoms with van der Waals surface area (Å²) in [6.07, 6.45) is 5.16. The zero-order valence-corrected chi connectivity index (χ0v) is 14.4. The van der Waals surface area contributed by atoms with Gasteiger partial charge in [0.1, 0.15) is 6.33 Å². The van der Waals surface area contributed by atoms with Crippen LogP contribution < -0.4 is 5.32 Å². The van der Waals surface area contributed by atoms with Gasteiger partial charge in [-0.25, -0.2) is 4.68 Å². The molecule has 8 nitrogen and oxygen atoms in total. The number of rotatable bonds is 6.